The van der Waals surface area contributed by atoms with Crippen molar-refractivity contribution in [2.45, 2.75) is 0 Å². The van der Waals surface area contributed by atoms with Crippen LogP contribution in [0.4, 0.5) is 17.1 Å². The van der Waals surface area contributed by atoms with Gasteiger partial charge in [0.25, 0.3) is 0 Å². The normalized spacial score (nSPS) is 11.1. The second-order valence-corrected chi connectivity index (χ2v) is 9.28. The maximum Gasteiger partial charge on any atom is 0.0462 e. The summed E-state index contributed by atoms with van der Waals surface area (Å²) in [5.41, 5.74) is 5.85. The molecule has 0 unspecified atom stereocenters. The van der Waals surface area contributed by atoms with E-state index in [-0.39, 0.29) is 0 Å². The Balaban J connectivity index is 1.40. The van der Waals surface area contributed by atoms with Crippen LogP contribution >= 0.6 is 15.9 Å². The van der Waals surface area contributed by atoms with E-state index in [0.717, 1.165) is 21.5 Å². The van der Waals surface area contributed by atoms with Gasteiger partial charge in [-0.25, -0.2) is 0 Å². The molecule has 6 rings (SSSR count). The third-order valence-electron chi connectivity index (χ3n) is 6.27. The van der Waals surface area contributed by atoms with Gasteiger partial charge in [-0.2, -0.15) is 0 Å². The molecule has 0 fully saturated rings. The Labute approximate surface area is 208 Å². The Hall–Kier alpha value is -3.88. The van der Waals surface area contributed by atoms with E-state index in [2.05, 4.69) is 154 Å². The molecule has 6 aromatic rings. The molecule has 6 aromatic carbocycles. The number of fused-ring (bicyclic) bond motifs is 2. The van der Waals surface area contributed by atoms with Crippen LogP contribution in [-0.4, -0.2) is 0 Å². The molecule has 0 spiro atoms. The molecule has 1 nitrogen and oxygen atoms in total. The highest BCUT2D eigenvalue weighted by atomic mass is 79.9. The molecule has 0 N–H and O–H groups in total. The summed E-state index contributed by atoms with van der Waals surface area (Å²) in [6.07, 6.45) is 0. The topological polar surface area (TPSA) is 3.24 Å². The Morgan fingerprint density at radius 1 is 0.412 bits per heavy atom. The highest BCUT2D eigenvalue weighted by molar-refractivity contribution is 9.10. The molecule has 2 heteroatoms. The summed E-state index contributed by atoms with van der Waals surface area (Å²) in [6, 6.07) is 47.5. The van der Waals surface area contributed by atoms with Crippen molar-refractivity contribution in [3.8, 4) is 11.1 Å². The van der Waals surface area contributed by atoms with Gasteiger partial charge in [0, 0.05) is 21.5 Å². The highest BCUT2D eigenvalue weighted by Crippen LogP contribution is 2.36. The van der Waals surface area contributed by atoms with Crippen molar-refractivity contribution in [3.63, 3.8) is 0 Å². The molecule has 0 bridgehead atoms. The summed E-state index contributed by atoms with van der Waals surface area (Å²) in [4.78, 5) is 2.29. The Bertz CT molecular complexity index is 1550. The van der Waals surface area contributed by atoms with E-state index in [4.69, 9.17) is 0 Å². The van der Waals surface area contributed by atoms with E-state index >= 15 is 0 Å². The average molecular weight is 500 g/mol. The first-order chi connectivity index (χ1) is 16.8. The molecular formula is C32H22BrN. The molecular weight excluding hydrogens is 478 g/mol. The van der Waals surface area contributed by atoms with Crippen molar-refractivity contribution in [1.82, 2.24) is 0 Å². The van der Waals surface area contributed by atoms with Gasteiger partial charge >= 0.3 is 0 Å². The van der Waals surface area contributed by atoms with E-state index in [1.54, 1.807) is 0 Å². The predicted molar refractivity (Wildman–Crippen MR) is 149 cm³/mol. The molecule has 0 aliphatic rings. The molecule has 0 saturated carbocycles. The van der Waals surface area contributed by atoms with E-state index in [0.29, 0.717) is 0 Å². The van der Waals surface area contributed by atoms with Crippen LogP contribution in [0, 0.1) is 0 Å². The maximum atomic E-state index is 3.70. The summed E-state index contributed by atoms with van der Waals surface area (Å²) in [6.45, 7) is 0. The molecule has 0 heterocycles. The fourth-order valence-electron chi connectivity index (χ4n) is 4.57. The standard InChI is InChI=1S/C32H22BrN/c33-32-13-7-8-26-20-25-15-14-24(21-27(25)22-31(26)32)23-16-18-30(19-17-23)34(28-9-3-1-4-10-28)29-11-5-2-6-12-29/h1-22H. The number of hydrogen-bond donors (Lipinski definition) is 0. The SMILES string of the molecule is Brc1cccc2cc3ccc(-c4ccc(N(c5ccccc5)c5ccccc5)cc4)cc3cc12. The molecule has 0 aliphatic carbocycles. The van der Waals surface area contributed by atoms with E-state index in [1.165, 1.54) is 32.7 Å². The Morgan fingerprint density at radius 3 is 1.71 bits per heavy atom. The first kappa shape index (κ1) is 20.7. The maximum absolute atomic E-state index is 3.70. The second kappa shape index (κ2) is 8.81. The number of rotatable bonds is 4. The quantitative estimate of drug-likeness (QED) is 0.218. The molecule has 0 saturated heterocycles. The van der Waals surface area contributed by atoms with Crippen LogP contribution in [0.3, 0.4) is 0 Å². The predicted octanol–water partition coefficient (Wildman–Crippen LogP) is 9.89. The molecule has 0 aromatic heterocycles. The van der Waals surface area contributed by atoms with Crippen LogP contribution in [0.15, 0.2) is 138 Å². The van der Waals surface area contributed by atoms with E-state index in [9.17, 15) is 0 Å². The minimum Gasteiger partial charge on any atom is -0.311 e. The lowest BCUT2D eigenvalue weighted by Gasteiger charge is -2.25. The summed E-state index contributed by atoms with van der Waals surface area (Å²) in [5, 5.41) is 4.99. The summed E-state index contributed by atoms with van der Waals surface area (Å²) >= 11 is 3.70. The minimum absolute atomic E-state index is 1.13. The number of hydrogen-bond acceptors (Lipinski definition) is 1. The van der Waals surface area contributed by atoms with Gasteiger partial charge in [-0.1, -0.05) is 88.7 Å². The van der Waals surface area contributed by atoms with E-state index < -0.39 is 0 Å². The molecule has 0 radical (unpaired) electrons. The van der Waals surface area contributed by atoms with Crippen LogP contribution < -0.4 is 4.90 Å². The number of nitrogens with zero attached hydrogens (tertiary/aromatic N) is 1. The summed E-state index contributed by atoms with van der Waals surface area (Å²) in [7, 11) is 0. The van der Waals surface area contributed by atoms with Gasteiger partial charge in [-0.05, 0) is 93.3 Å². The third kappa shape index (κ3) is 3.87. The largest absolute Gasteiger partial charge is 0.311 e. The first-order valence-corrected chi connectivity index (χ1v) is 12.2. The molecule has 0 amide bonds. The lowest BCUT2D eigenvalue weighted by molar-refractivity contribution is 1.28. The lowest BCUT2D eigenvalue weighted by atomic mass is 9.98. The first-order valence-electron chi connectivity index (χ1n) is 11.4. The van der Waals surface area contributed by atoms with Crippen LogP contribution in [0.1, 0.15) is 0 Å². The molecule has 0 atom stereocenters. The fourth-order valence-corrected chi connectivity index (χ4v) is 5.07. The van der Waals surface area contributed by atoms with Crippen LogP contribution in [0.2, 0.25) is 0 Å². The average Bonchev–Trinajstić information content (AvgIpc) is 2.90. The summed E-state index contributed by atoms with van der Waals surface area (Å²) in [5.74, 6) is 0. The highest BCUT2D eigenvalue weighted by Gasteiger charge is 2.12. The third-order valence-corrected chi connectivity index (χ3v) is 6.96. The van der Waals surface area contributed by atoms with Crippen molar-refractivity contribution in [1.29, 1.82) is 0 Å². The van der Waals surface area contributed by atoms with Gasteiger partial charge in [0.05, 0.1) is 0 Å². The lowest BCUT2D eigenvalue weighted by Crippen LogP contribution is -2.09. The van der Waals surface area contributed by atoms with Crippen molar-refractivity contribution in [2.75, 3.05) is 4.90 Å². The van der Waals surface area contributed by atoms with Crippen LogP contribution in [0.5, 0.6) is 0 Å². The Kier molecular flexibility index (Phi) is 5.37. The van der Waals surface area contributed by atoms with Crippen molar-refractivity contribution >= 4 is 54.5 Å². The van der Waals surface area contributed by atoms with Crippen LogP contribution in [-0.2, 0) is 0 Å². The zero-order chi connectivity index (χ0) is 22.9. The molecule has 34 heavy (non-hydrogen) atoms. The van der Waals surface area contributed by atoms with Gasteiger partial charge in [0.1, 0.15) is 0 Å². The minimum atomic E-state index is 1.13. The van der Waals surface area contributed by atoms with Gasteiger partial charge in [0.15, 0.2) is 0 Å². The van der Waals surface area contributed by atoms with Gasteiger partial charge < -0.3 is 4.90 Å². The van der Waals surface area contributed by atoms with Crippen molar-refractivity contribution in [3.05, 3.63) is 138 Å². The smallest absolute Gasteiger partial charge is 0.0462 e. The van der Waals surface area contributed by atoms with Crippen molar-refractivity contribution in [2.24, 2.45) is 0 Å². The number of para-hydroxylation sites is 2. The fraction of sp³-hybridized carbons (Fsp3) is 0. The Morgan fingerprint density at radius 2 is 1.03 bits per heavy atom. The second-order valence-electron chi connectivity index (χ2n) is 8.43. The van der Waals surface area contributed by atoms with Gasteiger partial charge in [-0.15, -0.1) is 0 Å². The van der Waals surface area contributed by atoms with Crippen molar-refractivity contribution < 1.29 is 0 Å². The zero-order valence-corrected chi connectivity index (χ0v) is 20.1. The number of halogens is 1. The molecule has 0 aliphatic heterocycles. The number of benzene rings is 6. The van der Waals surface area contributed by atoms with E-state index in [1.807, 2.05) is 0 Å². The monoisotopic (exact) mass is 499 g/mol. The zero-order valence-electron chi connectivity index (χ0n) is 18.5. The van der Waals surface area contributed by atoms with Gasteiger partial charge in [0.2, 0.25) is 0 Å². The van der Waals surface area contributed by atoms with Gasteiger partial charge in [-0.3, -0.25) is 0 Å². The molecule has 162 valence electrons. The summed E-state index contributed by atoms with van der Waals surface area (Å²) < 4.78 is 1.13. The van der Waals surface area contributed by atoms with Crippen LogP contribution in [0.25, 0.3) is 32.7 Å². The number of anilines is 3.